The van der Waals surface area contributed by atoms with E-state index >= 15 is 0 Å². The normalized spacial score (nSPS) is 36.3. The van der Waals surface area contributed by atoms with Crippen LogP contribution in [0.3, 0.4) is 0 Å². The molecule has 0 unspecified atom stereocenters. The van der Waals surface area contributed by atoms with Gasteiger partial charge in [0.2, 0.25) is 29.5 Å². The van der Waals surface area contributed by atoms with Gasteiger partial charge in [-0.3, -0.25) is 4.79 Å². The number of aromatic hydroxyl groups is 2. The van der Waals surface area contributed by atoms with Crippen molar-refractivity contribution in [2.45, 2.75) is 92.1 Å². The van der Waals surface area contributed by atoms with Crippen molar-refractivity contribution in [3.63, 3.8) is 0 Å². The van der Waals surface area contributed by atoms with Crippen molar-refractivity contribution < 1.29 is 104 Å². The van der Waals surface area contributed by atoms with Gasteiger partial charge < -0.3 is 104 Å². The van der Waals surface area contributed by atoms with Gasteiger partial charge in [-0.05, 0) is 24.3 Å². The lowest BCUT2D eigenvalue weighted by Gasteiger charge is -2.45. The van der Waals surface area contributed by atoms with E-state index in [1.165, 1.54) is 24.3 Å². The number of hydrogen-bond donors (Lipinski definition) is 13. The average Bonchev–Trinajstić information content (AvgIpc) is 3.18. The first kappa shape index (κ1) is 41.7. The molecule has 3 aromatic rings. The molecule has 56 heavy (non-hydrogen) atoms. The number of hydrogen-bond acceptors (Lipinski definition) is 22. The Morgan fingerprint density at radius 1 is 0.625 bits per heavy atom. The Hall–Kier alpha value is -3.95. The van der Waals surface area contributed by atoms with Gasteiger partial charge in [-0.25, -0.2) is 0 Å². The minimum absolute atomic E-state index is 0.0463. The first-order valence-corrected chi connectivity index (χ1v) is 17.1. The Labute approximate surface area is 314 Å². The van der Waals surface area contributed by atoms with Gasteiger partial charge in [0.15, 0.2) is 29.7 Å². The number of benzene rings is 2. The summed E-state index contributed by atoms with van der Waals surface area (Å²) in [5.74, 6) is -3.30. The lowest BCUT2D eigenvalue weighted by molar-refractivity contribution is -0.358. The first-order valence-electron chi connectivity index (χ1n) is 17.1. The van der Waals surface area contributed by atoms with Gasteiger partial charge in [-0.1, -0.05) is 0 Å². The van der Waals surface area contributed by atoms with E-state index in [1.54, 1.807) is 0 Å². The minimum atomic E-state index is -2.03. The smallest absolute Gasteiger partial charge is 0.239 e. The topological polar surface area (TPSA) is 358 Å². The molecule has 1 aromatic heterocycles. The maximum absolute atomic E-state index is 14.4. The van der Waals surface area contributed by atoms with Crippen molar-refractivity contribution in [3.8, 4) is 40.1 Å². The number of phenolic OH excluding ortho intramolecular Hbond substituents is 2. The summed E-state index contributed by atoms with van der Waals surface area (Å²) in [5.41, 5.74) is -1.53. The molecule has 3 fully saturated rings. The van der Waals surface area contributed by atoms with Crippen molar-refractivity contribution >= 4 is 11.0 Å². The van der Waals surface area contributed by atoms with E-state index in [0.717, 1.165) is 13.2 Å². The molecule has 2 aromatic carbocycles. The number of ether oxygens (including phenoxy) is 7. The SMILES string of the molecule is COc1c(O[C@@H]2O[C@H](CO)[C@@H](O)[C@H](O)[C@H]2O)cc2oc(-c3ccc(O)cc3)c(O[C@@H]3O[C@H](CO)[C@@H](O)[C@H](O)[C@H]3O[C@@H]3O[C@H](CO)[C@@H](O)[C@H](O)[C@H]3O)c(=O)c2c1O. The molecule has 0 saturated carbocycles. The van der Waals surface area contributed by atoms with Crippen molar-refractivity contribution in [2.24, 2.45) is 0 Å². The lowest BCUT2D eigenvalue weighted by atomic mass is 9.97. The molecule has 13 N–H and O–H groups in total. The standard InChI is InChI=1S/C34H42O22/c1-49-29-13(51-32-26(47)23(44)18(39)14(7-35)52-32)6-12-17(21(29)42)22(43)30(28(50-12)10-2-4-11(38)5-3-10)55-34-31(25(46)20(41)16(9-37)54-34)56-33-27(48)24(45)19(40)15(8-36)53-33/h2-6,14-16,18-20,23-27,31-42,44-48H,7-9H2,1H3/t14-,15-,16-,18-,19-,20-,23+,24+,25+,26-,27-,31-,32-,33+,34+/m1/s1. The monoisotopic (exact) mass is 802 g/mol. The molecular weight excluding hydrogens is 760 g/mol. The van der Waals surface area contributed by atoms with Crippen LogP contribution in [0.5, 0.6) is 28.7 Å². The van der Waals surface area contributed by atoms with E-state index in [0.29, 0.717) is 0 Å². The summed E-state index contributed by atoms with van der Waals surface area (Å²) < 4.78 is 45.2. The third-order valence-electron chi connectivity index (χ3n) is 9.66. The van der Waals surface area contributed by atoms with Crippen molar-refractivity contribution in [3.05, 3.63) is 40.6 Å². The van der Waals surface area contributed by atoms with E-state index < -0.39 is 157 Å². The molecule has 22 nitrogen and oxygen atoms in total. The van der Waals surface area contributed by atoms with Crippen LogP contribution < -0.4 is 19.6 Å². The van der Waals surface area contributed by atoms with Gasteiger partial charge >= 0.3 is 0 Å². The molecule has 3 aliphatic rings. The molecule has 310 valence electrons. The van der Waals surface area contributed by atoms with Gasteiger partial charge in [-0.15, -0.1) is 0 Å². The highest BCUT2D eigenvalue weighted by Gasteiger charge is 2.52. The van der Waals surface area contributed by atoms with E-state index in [4.69, 9.17) is 37.6 Å². The molecule has 6 rings (SSSR count). The number of aliphatic hydroxyl groups excluding tert-OH is 11. The fourth-order valence-electron chi connectivity index (χ4n) is 6.51. The molecule has 22 heteroatoms. The lowest BCUT2D eigenvalue weighted by Crippen LogP contribution is -2.65. The van der Waals surface area contributed by atoms with Crippen LogP contribution in [0.2, 0.25) is 0 Å². The highest BCUT2D eigenvalue weighted by Crippen LogP contribution is 2.45. The van der Waals surface area contributed by atoms with Crippen molar-refractivity contribution in [2.75, 3.05) is 26.9 Å². The highest BCUT2D eigenvalue weighted by atomic mass is 16.8. The number of methoxy groups -OCH3 is 1. The summed E-state index contributed by atoms with van der Waals surface area (Å²) in [5, 5.41) is 134. The van der Waals surface area contributed by atoms with Gasteiger partial charge in [-0.2, -0.15) is 0 Å². The molecular formula is C34H42O22. The zero-order valence-corrected chi connectivity index (χ0v) is 29.2. The van der Waals surface area contributed by atoms with E-state index in [2.05, 4.69) is 0 Å². The number of aliphatic hydroxyl groups is 11. The van der Waals surface area contributed by atoms with Gasteiger partial charge in [0.1, 0.15) is 83.9 Å². The molecule has 15 atom stereocenters. The highest BCUT2D eigenvalue weighted by molar-refractivity contribution is 5.91. The summed E-state index contributed by atoms with van der Waals surface area (Å²) in [6.45, 7) is -2.54. The van der Waals surface area contributed by atoms with Crippen LogP contribution in [-0.4, -0.2) is 185 Å². The second-order valence-electron chi connectivity index (χ2n) is 13.2. The summed E-state index contributed by atoms with van der Waals surface area (Å²) in [4.78, 5) is 14.4. The molecule has 3 aliphatic heterocycles. The third kappa shape index (κ3) is 7.58. The van der Waals surface area contributed by atoms with E-state index in [9.17, 15) is 71.2 Å². The molecule has 3 saturated heterocycles. The fraction of sp³-hybridized carbons (Fsp3) is 0.559. The quantitative estimate of drug-likeness (QED) is 0.0863. The largest absolute Gasteiger partial charge is 0.508 e. The van der Waals surface area contributed by atoms with Gasteiger partial charge in [0.05, 0.1) is 26.9 Å². The molecule has 0 radical (unpaired) electrons. The predicted octanol–water partition coefficient (Wildman–Crippen LogP) is -4.94. The van der Waals surface area contributed by atoms with E-state index in [1.807, 2.05) is 0 Å². The molecule has 0 bridgehead atoms. The zero-order chi connectivity index (χ0) is 40.7. The maximum Gasteiger partial charge on any atom is 0.239 e. The Bertz CT molecular complexity index is 1870. The van der Waals surface area contributed by atoms with Gasteiger partial charge in [0.25, 0.3) is 0 Å². The van der Waals surface area contributed by atoms with Crippen LogP contribution >= 0.6 is 0 Å². The first-order chi connectivity index (χ1) is 26.6. The second-order valence-corrected chi connectivity index (χ2v) is 13.2. The number of rotatable bonds is 11. The Kier molecular flexibility index (Phi) is 12.6. The summed E-state index contributed by atoms with van der Waals surface area (Å²) in [6, 6.07) is 6.05. The second kappa shape index (κ2) is 16.9. The van der Waals surface area contributed by atoms with Crippen molar-refractivity contribution in [1.29, 1.82) is 0 Å². The Morgan fingerprint density at radius 2 is 1.14 bits per heavy atom. The summed E-state index contributed by atoms with van der Waals surface area (Å²) in [6.07, 6.45) is -27.1. The molecule has 0 aliphatic carbocycles. The van der Waals surface area contributed by atoms with Gasteiger partial charge in [0, 0.05) is 11.6 Å². The molecule has 4 heterocycles. The Morgan fingerprint density at radius 3 is 1.70 bits per heavy atom. The Balaban J connectivity index is 1.45. The average molecular weight is 803 g/mol. The summed E-state index contributed by atoms with van der Waals surface area (Å²) in [7, 11) is 1.07. The van der Waals surface area contributed by atoms with Crippen molar-refractivity contribution in [1.82, 2.24) is 0 Å². The van der Waals surface area contributed by atoms with Crippen LogP contribution in [0.15, 0.2) is 39.5 Å². The fourth-order valence-corrected chi connectivity index (χ4v) is 6.51. The van der Waals surface area contributed by atoms with Crippen LogP contribution in [0, 0.1) is 0 Å². The third-order valence-corrected chi connectivity index (χ3v) is 9.66. The number of fused-ring (bicyclic) bond motifs is 1. The van der Waals surface area contributed by atoms with E-state index in [-0.39, 0.29) is 11.3 Å². The zero-order valence-electron chi connectivity index (χ0n) is 29.2. The molecule has 0 amide bonds. The maximum atomic E-state index is 14.4. The predicted molar refractivity (Wildman–Crippen MR) is 179 cm³/mol. The summed E-state index contributed by atoms with van der Waals surface area (Å²) >= 11 is 0. The van der Waals surface area contributed by atoms with Crippen LogP contribution in [0.4, 0.5) is 0 Å². The molecule has 0 spiro atoms. The van der Waals surface area contributed by atoms with Crippen LogP contribution in [0.25, 0.3) is 22.3 Å². The van der Waals surface area contributed by atoms with Crippen LogP contribution in [-0.2, 0) is 18.9 Å². The number of phenols is 2. The van der Waals surface area contributed by atoms with Crippen LogP contribution in [0.1, 0.15) is 0 Å². The minimum Gasteiger partial charge on any atom is -0.508 e.